The smallest absolute Gasteiger partial charge is 0.395 e. The summed E-state index contributed by atoms with van der Waals surface area (Å²) in [6, 6.07) is 25.3. The first-order chi connectivity index (χ1) is 19.7. The Morgan fingerprint density at radius 3 is 2.32 bits per heavy atom. The van der Waals surface area contributed by atoms with Gasteiger partial charge in [-0.1, -0.05) is 74.2 Å². The number of nitrogens with zero attached hydrogens (tertiary/aromatic N) is 2. The van der Waals surface area contributed by atoms with Gasteiger partial charge in [0.2, 0.25) is 0 Å². The molecule has 0 aliphatic heterocycles. The number of benzene rings is 3. The van der Waals surface area contributed by atoms with Crippen molar-refractivity contribution in [3.8, 4) is 6.07 Å². The van der Waals surface area contributed by atoms with Crippen LogP contribution >= 0.6 is 0 Å². The van der Waals surface area contributed by atoms with Gasteiger partial charge in [-0.3, -0.25) is 4.79 Å². The molecule has 1 aliphatic carbocycles. The fraction of sp³-hybridized carbons (Fsp3) is 0.281. The second-order valence-corrected chi connectivity index (χ2v) is 10.0. The van der Waals surface area contributed by atoms with Crippen LogP contribution in [0, 0.1) is 11.3 Å². The minimum absolute atomic E-state index is 0.140. The Hall–Kier alpha value is -4.42. The van der Waals surface area contributed by atoms with Gasteiger partial charge in [-0.15, -0.1) is 0 Å². The third-order valence-electron chi connectivity index (χ3n) is 6.95. The van der Waals surface area contributed by atoms with Crippen LogP contribution < -0.4 is 16.4 Å². The van der Waals surface area contributed by atoms with Crippen LogP contribution in [0.5, 0.6) is 0 Å². The maximum Gasteiger partial charge on any atom is 0.430 e. The predicted octanol–water partition coefficient (Wildman–Crippen LogP) is 7.08. The van der Waals surface area contributed by atoms with Crippen molar-refractivity contribution in [1.82, 2.24) is 5.32 Å². The predicted molar refractivity (Wildman–Crippen MR) is 155 cm³/mol. The molecule has 0 saturated heterocycles. The number of hydrogen-bond donors (Lipinski definition) is 3. The van der Waals surface area contributed by atoms with E-state index in [0.29, 0.717) is 17.8 Å². The van der Waals surface area contributed by atoms with Gasteiger partial charge < -0.3 is 16.4 Å². The molecule has 1 aliphatic rings. The van der Waals surface area contributed by atoms with E-state index in [1.807, 2.05) is 48.5 Å². The molecule has 1 saturated carbocycles. The fourth-order valence-electron chi connectivity index (χ4n) is 4.87. The van der Waals surface area contributed by atoms with Crippen molar-refractivity contribution in [3.63, 3.8) is 0 Å². The molecule has 3 aromatic carbocycles. The zero-order valence-corrected chi connectivity index (χ0v) is 22.5. The third-order valence-corrected chi connectivity index (χ3v) is 6.95. The van der Waals surface area contributed by atoms with Crippen LogP contribution in [0.15, 0.2) is 95.6 Å². The zero-order valence-electron chi connectivity index (χ0n) is 22.5. The van der Waals surface area contributed by atoms with Crippen LogP contribution in [0.1, 0.15) is 61.3 Å². The summed E-state index contributed by atoms with van der Waals surface area (Å²) in [5.41, 5.74) is 5.99. The molecule has 4 N–H and O–H groups in total. The first-order valence-electron chi connectivity index (χ1n) is 13.6. The maximum absolute atomic E-state index is 13.3. The summed E-state index contributed by atoms with van der Waals surface area (Å²) in [4.78, 5) is 17.3. The highest BCUT2D eigenvalue weighted by Gasteiger charge is 2.32. The van der Waals surface area contributed by atoms with E-state index in [1.165, 1.54) is 49.9 Å². The van der Waals surface area contributed by atoms with E-state index < -0.39 is 23.5 Å². The number of aliphatic imine (C=N–C) groups is 1. The standard InChI is InChI=1S/C32H32F3N5O/c33-32(34,35)29(37)20-28(38-26-16-8-10-22(18-26)21-36)31(41)40-27-17-9-13-24(19-27)30(23-11-4-3-5-12-23)39-25-14-6-1-2-7-15-25/h3-5,8-13,16-20,25,30,39H,1-2,6-7,14-15,37H2,(H,40,41). The zero-order chi connectivity index (χ0) is 29.2. The summed E-state index contributed by atoms with van der Waals surface area (Å²) >= 11 is 0. The molecule has 1 atom stereocenters. The van der Waals surface area contributed by atoms with E-state index in [4.69, 9.17) is 11.0 Å². The van der Waals surface area contributed by atoms with E-state index >= 15 is 0 Å². The number of anilines is 1. The third kappa shape index (κ3) is 8.53. The topological polar surface area (TPSA) is 103 Å². The maximum atomic E-state index is 13.3. The van der Waals surface area contributed by atoms with Gasteiger partial charge in [0.25, 0.3) is 5.91 Å². The summed E-state index contributed by atoms with van der Waals surface area (Å²) in [6.07, 6.45) is 2.62. The molecular formula is C32H32F3N5O. The van der Waals surface area contributed by atoms with Crippen molar-refractivity contribution in [2.75, 3.05) is 5.32 Å². The lowest BCUT2D eigenvalue weighted by molar-refractivity contribution is -0.110. The number of amides is 1. The first kappa shape index (κ1) is 29.6. The largest absolute Gasteiger partial charge is 0.430 e. The SMILES string of the molecule is N#Cc1cccc(N=C(C=C(N)C(F)(F)F)C(=O)Nc2cccc(C(NC3CCCCCC3)c3ccccc3)c2)c1. The van der Waals surface area contributed by atoms with Crippen molar-refractivity contribution >= 4 is 23.0 Å². The molecule has 212 valence electrons. The highest BCUT2D eigenvalue weighted by Crippen LogP contribution is 2.28. The molecule has 41 heavy (non-hydrogen) atoms. The number of allylic oxidation sites excluding steroid dienone is 1. The summed E-state index contributed by atoms with van der Waals surface area (Å²) in [5, 5.41) is 15.6. The number of carbonyl (C=O) groups excluding carboxylic acids is 1. The minimum atomic E-state index is -4.85. The van der Waals surface area contributed by atoms with Gasteiger partial charge in [-0.25, -0.2) is 4.99 Å². The lowest BCUT2D eigenvalue weighted by atomic mass is 9.96. The van der Waals surface area contributed by atoms with Crippen molar-refractivity contribution in [2.45, 2.75) is 56.8 Å². The number of alkyl halides is 3. The average Bonchev–Trinajstić information content (AvgIpc) is 3.24. The first-order valence-corrected chi connectivity index (χ1v) is 13.6. The van der Waals surface area contributed by atoms with Crippen molar-refractivity contribution < 1.29 is 18.0 Å². The van der Waals surface area contributed by atoms with E-state index in [1.54, 1.807) is 12.1 Å². The summed E-state index contributed by atoms with van der Waals surface area (Å²) in [5.74, 6) is -0.871. The van der Waals surface area contributed by atoms with Crippen LogP contribution in [0.3, 0.4) is 0 Å². The highest BCUT2D eigenvalue weighted by atomic mass is 19.4. The molecule has 0 bridgehead atoms. The van der Waals surface area contributed by atoms with E-state index in [0.717, 1.165) is 24.0 Å². The Bertz CT molecular complexity index is 1440. The molecule has 1 fully saturated rings. The molecule has 0 heterocycles. The van der Waals surface area contributed by atoms with Gasteiger partial charge in [-0.2, -0.15) is 18.4 Å². The molecular weight excluding hydrogens is 527 g/mol. The van der Waals surface area contributed by atoms with Gasteiger partial charge in [-0.05, 0) is 60.4 Å². The van der Waals surface area contributed by atoms with Gasteiger partial charge in [0, 0.05) is 11.7 Å². The summed E-state index contributed by atoms with van der Waals surface area (Å²) < 4.78 is 39.7. The Kier molecular flexibility index (Phi) is 9.93. The van der Waals surface area contributed by atoms with Gasteiger partial charge in [0.05, 0.1) is 23.4 Å². The Labute approximate surface area is 237 Å². The van der Waals surface area contributed by atoms with Crippen LogP contribution in [0.2, 0.25) is 0 Å². The number of nitrogens with one attached hydrogen (secondary N) is 2. The Balaban J connectivity index is 1.64. The van der Waals surface area contributed by atoms with E-state index in [9.17, 15) is 18.0 Å². The second kappa shape index (κ2) is 13.8. The molecule has 3 aromatic rings. The molecule has 1 amide bonds. The molecule has 4 rings (SSSR count). The Morgan fingerprint density at radius 1 is 0.951 bits per heavy atom. The highest BCUT2D eigenvalue weighted by molar-refractivity contribution is 6.47. The number of rotatable bonds is 8. The minimum Gasteiger partial charge on any atom is -0.395 e. The quantitative estimate of drug-likeness (QED) is 0.203. The van der Waals surface area contributed by atoms with E-state index in [2.05, 4.69) is 15.6 Å². The normalized spacial score (nSPS) is 16.0. The second-order valence-electron chi connectivity index (χ2n) is 10.0. The number of halogens is 3. The van der Waals surface area contributed by atoms with Crippen molar-refractivity contribution in [3.05, 3.63) is 107 Å². The number of nitrogens with two attached hydrogens (primary N) is 1. The number of nitriles is 1. The molecule has 1 unspecified atom stereocenters. The molecule has 6 nitrogen and oxygen atoms in total. The average molecular weight is 560 g/mol. The van der Waals surface area contributed by atoms with Crippen LogP contribution in [0.25, 0.3) is 0 Å². The monoisotopic (exact) mass is 559 g/mol. The summed E-state index contributed by atoms with van der Waals surface area (Å²) in [7, 11) is 0. The molecule has 9 heteroatoms. The van der Waals surface area contributed by atoms with Gasteiger partial charge in [0.1, 0.15) is 11.4 Å². The van der Waals surface area contributed by atoms with Crippen molar-refractivity contribution in [1.29, 1.82) is 5.26 Å². The van der Waals surface area contributed by atoms with Gasteiger partial charge >= 0.3 is 6.18 Å². The summed E-state index contributed by atoms with van der Waals surface area (Å²) in [6.45, 7) is 0. The molecule has 0 radical (unpaired) electrons. The van der Waals surface area contributed by atoms with Crippen LogP contribution in [-0.2, 0) is 4.79 Å². The van der Waals surface area contributed by atoms with Gasteiger partial charge in [0.15, 0.2) is 0 Å². The number of carbonyl (C=O) groups is 1. The van der Waals surface area contributed by atoms with E-state index in [-0.39, 0.29) is 17.3 Å². The fourth-order valence-corrected chi connectivity index (χ4v) is 4.87. The lowest BCUT2D eigenvalue weighted by Crippen LogP contribution is -2.33. The lowest BCUT2D eigenvalue weighted by Gasteiger charge is -2.26. The van der Waals surface area contributed by atoms with Crippen molar-refractivity contribution in [2.24, 2.45) is 10.7 Å². The molecule has 0 spiro atoms. The Morgan fingerprint density at radius 2 is 1.63 bits per heavy atom. The molecule has 0 aromatic heterocycles. The number of hydrogen-bond acceptors (Lipinski definition) is 5. The van der Waals surface area contributed by atoms with Crippen LogP contribution in [-0.4, -0.2) is 23.8 Å². The van der Waals surface area contributed by atoms with Crippen LogP contribution in [0.4, 0.5) is 24.5 Å².